The van der Waals surface area contributed by atoms with E-state index in [0.717, 1.165) is 41.4 Å². The van der Waals surface area contributed by atoms with Gasteiger partial charge in [-0.15, -0.1) is 0 Å². The summed E-state index contributed by atoms with van der Waals surface area (Å²) >= 11 is 0. The van der Waals surface area contributed by atoms with Gasteiger partial charge in [0.15, 0.2) is 11.5 Å². The molecule has 0 radical (unpaired) electrons. The average molecular weight is 360 g/mol. The Hall–Kier alpha value is -3.28. The predicted octanol–water partition coefficient (Wildman–Crippen LogP) is 3.97. The third-order valence-electron chi connectivity index (χ3n) is 4.68. The Morgan fingerprint density at radius 1 is 1.30 bits per heavy atom. The minimum atomic E-state index is 0.740. The van der Waals surface area contributed by atoms with Gasteiger partial charge in [0.25, 0.3) is 0 Å². The van der Waals surface area contributed by atoms with Crippen LogP contribution in [-0.4, -0.2) is 28.0 Å². The first-order valence-corrected chi connectivity index (χ1v) is 9.26. The average Bonchev–Trinajstić information content (AvgIpc) is 3.13. The van der Waals surface area contributed by atoms with Gasteiger partial charge in [-0.2, -0.15) is 0 Å². The van der Waals surface area contributed by atoms with Gasteiger partial charge in [0.2, 0.25) is 0 Å². The largest absolute Gasteiger partial charge is 0.393 e. The standard InChI is InChI=1S/C21H24N6/c1-3-5-16(13-22-2)19-14-25-21-20(24-10-11-27(19)21)26-17-8-7-15-6-4-9-23-18(15)12-17/h3,5,7-8,10-14,22-23H,4,6,9H2,1-2H3,(H,24,26)/b5-3+,16-13+. The molecular formula is C21H24N6. The lowest BCUT2D eigenvalue weighted by Gasteiger charge is -2.19. The van der Waals surface area contributed by atoms with Gasteiger partial charge in [-0.1, -0.05) is 18.2 Å². The molecule has 0 atom stereocenters. The van der Waals surface area contributed by atoms with E-state index in [0.29, 0.717) is 0 Å². The summed E-state index contributed by atoms with van der Waals surface area (Å²) in [7, 11) is 1.89. The summed E-state index contributed by atoms with van der Waals surface area (Å²) in [5.74, 6) is 0.740. The molecule has 0 aliphatic carbocycles. The lowest BCUT2D eigenvalue weighted by atomic mass is 10.0. The minimum absolute atomic E-state index is 0.740. The first-order chi connectivity index (χ1) is 13.3. The van der Waals surface area contributed by atoms with Gasteiger partial charge >= 0.3 is 0 Å². The Bertz CT molecular complexity index is 1010. The molecule has 0 amide bonds. The van der Waals surface area contributed by atoms with Crippen molar-refractivity contribution in [3.63, 3.8) is 0 Å². The molecule has 6 nitrogen and oxygen atoms in total. The topological polar surface area (TPSA) is 66.3 Å². The Balaban J connectivity index is 1.70. The molecular weight excluding hydrogens is 336 g/mol. The number of imidazole rings is 1. The van der Waals surface area contributed by atoms with Crippen LogP contribution in [0.5, 0.6) is 0 Å². The highest BCUT2D eigenvalue weighted by Crippen LogP contribution is 2.28. The van der Waals surface area contributed by atoms with Gasteiger partial charge in [0, 0.05) is 49.1 Å². The fraction of sp³-hybridized carbons (Fsp3) is 0.238. The molecule has 0 spiro atoms. The Morgan fingerprint density at radius 3 is 3.07 bits per heavy atom. The molecule has 3 heterocycles. The molecule has 6 heteroatoms. The number of aromatic nitrogens is 3. The highest BCUT2D eigenvalue weighted by molar-refractivity contribution is 5.78. The molecule has 1 aliphatic heterocycles. The van der Waals surface area contributed by atoms with Crippen LogP contribution in [0.1, 0.15) is 24.6 Å². The van der Waals surface area contributed by atoms with Crippen molar-refractivity contribution >= 4 is 28.4 Å². The zero-order valence-corrected chi connectivity index (χ0v) is 15.7. The molecule has 27 heavy (non-hydrogen) atoms. The van der Waals surface area contributed by atoms with Crippen molar-refractivity contribution in [2.45, 2.75) is 19.8 Å². The van der Waals surface area contributed by atoms with Crippen molar-refractivity contribution in [2.24, 2.45) is 0 Å². The second-order valence-electron chi connectivity index (χ2n) is 6.53. The van der Waals surface area contributed by atoms with E-state index in [2.05, 4.69) is 54.6 Å². The van der Waals surface area contributed by atoms with Gasteiger partial charge < -0.3 is 16.0 Å². The van der Waals surface area contributed by atoms with Crippen molar-refractivity contribution in [3.8, 4) is 0 Å². The zero-order chi connectivity index (χ0) is 18.6. The van der Waals surface area contributed by atoms with E-state index < -0.39 is 0 Å². The molecule has 2 aromatic heterocycles. The first-order valence-electron chi connectivity index (χ1n) is 9.26. The van der Waals surface area contributed by atoms with Gasteiger partial charge in [0.1, 0.15) is 0 Å². The van der Waals surface area contributed by atoms with Gasteiger partial charge in [-0.05, 0) is 37.5 Å². The van der Waals surface area contributed by atoms with Crippen LogP contribution in [-0.2, 0) is 6.42 Å². The number of hydrogen-bond acceptors (Lipinski definition) is 5. The summed E-state index contributed by atoms with van der Waals surface area (Å²) in [4.78, 5) is 9.12. The van der Waals surface area contributed by atoms with Crippen LogP contribution < -0.4 is 16.0 Å². The molecule has 0 saturated carbocycles. The summed E-state index contributed by atoms with van der Waals surface area (Å²) in [6, 6.07) is 6.43. The van der Waals surface area contributed by atoms with E-state index in [-0.39, 0.29) is 0 Å². The van der Waals surface area contributed by atoms with Crippen LogP contribution in [0.4, 0.5) is 17.2 Å². The van der Waals surface area contributed by atoms with E-state index in [4.69, 9.17) is 0 Å². The molecule has 1 aromatic carbocycles. The smallest absolute Gasteiger partial charge is 0.180 e. The maximum Gasteiger partial charge on any atom is 0.180 e. The Morgan fingerprint density at radius 2 is 2.22 bits per heavy atom. The minimum Gasteiger partial charge on any atom is -0.393 e. The summed E-state index contributed by atoms with van der Waals surface area (Å²) in [5, 5.41) is 9.99. The van der Waals surface area contributed by atoms with Crippen LogP contribution in [0.3, 0.4) is 0 Å². The van der Waals surface area contributed by atoms with Crippen molar-refractivity contribution < 1.29 is 0 Å². The number of hydrogen-bond donors (Lipinski definition) is 3. The molecule has 0 fully saturated rings. The van der Waals surface area contributed by atoms with Crippen LogP contribution >= 0.6 is 0 Å². The monoisotopic (exact) mass is 360 g/mol. The van der Waals surface area contributed by atoms with Crippen LogP contribution in [0.15, 0.2) is 55.1 Å². The second-order valence-corrected chi connectivity index (χ2v) is 6.53. The molecule has 138 valence electrons. The van der Waals surface area contributed by atoms with Gasteiger partial charge in [0.05, 0.1) is 11.9 Å². The SMILES string of the molecule is C/C=C/C(=C\NC)c1cnc2c(Nc3ccc4c(c3)NCCC4)nccn12. The van der Waals surface area contributed by atoms with Crippen LogP contribution in [0, 0.1) is 0 Å². The van der Waals surface area contributed by atoms with Crippen molar-refractivity contribution in [3.05, 3.63) is 66.4 Å². The normalized spacial score (nSPS) is 14.2. The molecule has 3 aromatic rings. The molecule has 3 N–H and O–H groups in total. The lowest BCUT2D eigenvalue weighted by Crippen LogP contribution is -2.11. The van der Waals surface area contributed by atoms with Crippen molar-refractivity contribution in [1.82, 2.24) is 19.7 Å². The fourth-order valence-corrected chi connectivity index (χ4v) is 3.44. The third-order valence-corrected chi connectivity index (χ3v) is 4.68. The summed E-state index contributed by atoms with van der Waals surface area (Å²) in [5.41, 5.74) is 6.44. The Labute approximate surface area is 159 Å². The van der Waals surface area contributed by atoms with Crippen molar-refractivity contribution in [1.29, 1.82) is 0 Å². The maximum atomic E-state index is 4.61. The van der Waals surface area contributed by atoms with E-state index in [9.17, 15) is 0 Å². The van der Waals surface area contributed by atoms with Crippen LogP contribution in [0.25, 0.3) is 11.2 Å². The number of nitrogens with one attached hydrogen (secondary N) is 3. The van der Waals surface area contributed by atoms with E-state index in [1.54, 1.807) is 6.20 Å². The quantitative estimate of drug-likeness (QED) is 0.601. The molecule has 0 unspecified atom stereocenters. The number of benzene rings is 1. The second kappa shape index (κ2) is 7.53. The van der Waals surface area contributed by atoms with Gasteiger partial charge in [-0.25, -0.2) is 9.97 Å². The Kier molecular flexibility index (Phi) is 4.78. The van der Waals surface area contributed by atoms with Gasteiger partial charge in [-0.3, -0.25) is 4.40 Å². The number of rotatable bonds is 5. The molecule has 0 saturated heterocycles. The first kappa shape index (κ1) is 17.1. The lowest BCUT2D eigenvalue weighted by molar-refractivity contribution is 0.830. The van der Waals surface area contributed by atoms with E-state index in [1.165, 1.54) is 17.7 Å². The summed E-state index contributed by atoms with van der Waals surface area (Å²) < 4.78 is 2.05. The van der Waals surface area contributed by atoms with E-state index >= 15 is 0 Å². The summed E-state index contributed by atoms with van der Waals surface area (Å²) in [6.07, 6.45) is 14.0. The number of aryl methyl sites for hydroxylation is 1. The predicted molar refractivity (Wildman–Crippen MR) is 111 cm³/mol. The molecule has 0 bridgehead atoms. The summed E-state index contributed by atoms with van der Waals surface area (Å²) in [6.45, 7) is 3.03. The molecule has 4 rings (SSSR count). The van der Waals surface area contributed by atoms with E-state index in [1.807, 2.05) is 38.6 Å². The molecule has 1 aliphatic rings. The number of anilines is 3. The van der Waals surface area contributed by atoms with Crippen molar-refractivity contribution in [2.75, 3.05) is 24.2 Å². The number of fused-ring (bicyclic) bond motifs is 2. The highest BCUT2D eigenvalue weighted by atomic mass is 15.1. The highest BCUT2D eigenvalue weighted by Gasteiger charge is 2.13. The fourth-order valence-electron chi connectivity index (χ4n) is 3.44. The third kappa shape index (κ3) is 3.38. The zero-order valence-electron chi connectivity index (χ0n) is 15.7. The van der Waals surface area contributed by atoms with Crippen LogP contribution in [0.2, 0.25) is 0 Å². The number of nitrogens with zero attached hydrogens (tertiary/aromatic N) is 3. The maximum absolute atomic E-state index is 4.61. The number of allylic oxidation sites excluding steroid dienone is 3.